The molecule has 1 atom stereocenters. The van der Waals surface area contributed by atoms with Gasteiger partial charge in [0.25, 0.3) is 5.91 Å². The molecule has 5 rings (SSSR count). The third-order valence-electron chi connectivity index (χ3n) is 5.53. The highest BCUT2D eigenvalue weighted by molar-refractivity contribution is 6.14. The Labute approximate surface area is 204 Å². The lowest BCUT2D eigenvalue weighted by atomic mass is 10.1. The van der Waals surface area contributed by atoms with Crippen molar-refractivity contribution in [3.05, 3.63) is 71.7 Å². The first-order chi connectivity index (χ1) is 15.3. The summed E-state index contributed by atoms with van der Waals surface area (Å²) >= 11 is 0. The summed E-state index contributed by atoms with van der Waals surface area (Å²) in [4.78, 5) is 26.9. The summed E-state index contributed by atoms with van der Waals surface area (Å²) in [6.07, 6.45) is 5.35. The molecular weight excluding hydrogens is 463 g/mol. The van der Waals surface area contributed by atoms with Crippen LogP contribution in [0.25, 0.3) is 17.1 Å². The average molecular weight is 489 g/mol. The molecule has 0 aliphatic carbocycles. The van der Waals surface area contributed by atoms with Crippen molar-refractivity contribution in [3.8, 4) is 0 Å². The van der Waals surface area contributed by atoms with Gasteiger partial charge in [-0.25, -0.2) is 9.98 Å². The van der Waals surface area contributed by atoms with E-state index in [0.29, 0.717) is 11.7 Å². The zero-order valence-corrected chi connectivity index (χ0v) is 19.5. The summed E-state index contributed by atoms with van der Waals surface area (Å²) < 4.78 is 5.47. The molecule has 33 heavy (non-hydrogen) atoms. The molecule has 0 radical (unpaired) electrons. The summed E-state index contributed by atoms with van der Waals surface area (Å²) in [5, 5.41) is 7.25. The maximum absolute atomic E-state index is 12.6. The van der Waals surface area contributed by atoms with Gasteiger partial charge in [-0.3, -0.25) is 15.0 Å². The summed E-state index contributed by atoms with van der Waals surface area (Å²) in [7, 11) is 0. The quantitative estimate of drug-likeness (QED) is 0.480. The minimum atomic E-state index is -0.223. The van der Waals surface area contributed by atoms with Crippen LogP contribution in [-0.4, -0.2) is 59.6 Å². The molecule has 0 bridgehead atoms. The van der Waals surface area contributed by atoms with E-state index >= 15 is 0 Å². The Hall–Kier alpha value is -2.91. The van der Waals surface area contributed by atoms with Gasteiger partial charge in [0.05, 0.1) is 19.3 Å². The topological polar surface area (TPSA) is 94.6 Å². The Kier molecular flexibility index (Phi) is 8.46. The van der Waals surface area contributed by atoms with Crippen LogP contribution in [0.15, 0.2) is 65.5 Å². The standard InChI is InChI=1S/C23H24N6O2.2ClH/c30-22-19(13-17-14-25-21-18(17)7-4-8-24-21)26-23(28-22)27-20(16-5-2-1-3-6-16)15-29-9-11-31-12-10-29;;/h1-8,13-14,20H,9-12,15H2,(H,24,25)(H2,26,27,28,30);2*1H/t20-;;/m1../s1. The van der Waals surface area contributed by atoms with E-state index in [0.717, 1.165) is 55.0 Å². The van der Waals surface area contributed by atoms with E-state index in [9.17, 15) is 4.79 Å². The van der Waals surface area contributed by atoms with Crippen LogP contribution in [0.3, 0.4) is 0 Å². The Balaban J connectivity index is 0.00000153. The number of benzene rings is 1. The van der Waals surface area contributed by atoms with E-state index in [-0.39, 0.29) is 36.8 Å². The molecule has 3 N–H and O–H groups in total. The van der Waals surface area contributed by atoms with Crippen LogP contribution in [-0.2, 0) is 9.53 Å². The molecule has 2 aliphatic heterocycles. The number of aromatic nitrogens is 2. The van der Waals surface area contributed by atoms with Gasteiger partial charge in [-0.05, 0) is 23.8 Å². The highest BCUT2D eigenvalue weighted by Crippen LogP contribution is 2.21. The fourth-order valence-electron chi connectivity index (χ4n) is 3.91. The number of amides is 1. The largest absolute Gasteiger partial charge is 0.379 e. The maximum Gasteiger partial charge on any atom is 0.276 e. The van der Waals surface area contributed by atoms with Crippen molar-refractivity contribution in [2.45, 2.75) is 6.04 Å². The molecule has 8 nitrogen and oxygen atoms in total. The third kappa shape index (κ3) is 5.72. The molecule has 10 heteroatoms. The number of nitrogens with zero attached hydrogens (tertiary/aromatic N) is 3. The average Bonchev–Trinajstić information content (AvgIpc) is 3.38. The lowest BCUT2D eigenvalue weighted by Gasteiger charge is -2.31. The van der Waals surface area contributed by atoms with Crippen molar-refractivity contribution >= 4 is 53.8 Å². The zero-order chi connectivity index (χ0) is 21.0. The second kappa shape index (κ2) is 11.3. The second-order valence-electron chi connectivity index (χ2n) is 7.61. The first-order valence-electron chi connectivity index (χ1n) is 10.4. The number of hydrogen-bond acceptors (Lipinski definition) is 6. The number of fused-ring (bicyclic) bond motifs is 1. The zero-order valence-electron chi connectivity index (χ0n) is 17.9. The van der Waals surface area contributed by atoms with Crippen molar-refractivity contribution in [1.29, 1.82) is 0 Å². The van der Waals surface area contributed by atoms with E-state index < -0.39 is 0 Å². The molecule has 1 fully saturated rings. The van der Waals surface area contributed by atoms with Crippen molar-refractivity contribution in [1.82, 2.24) is 25.5 Å². The van der Waals surface area contributed by atoms with Gasteiger partial charge in [-0.15, -0.1) is 24.8 Å². The number of ether oxygens (including phenoxy) is 1. The molecule has 3 aromatic rings. The number of H-pyrrole nitrogens is 1. The number of carbonyl (C=O) groups excluding carboxylic acids is 1. The molecule has 2 aliphatic rings. The molecule has 174 valence electrons. The fraction of sp³-hybridized carbons (Fsp3) is 0.261. The highest BCUT2D eigenvalue weighted by Gasteiger charge is 2.25. The van der Waals surface area contributed by atoms with E-state index in [1.54, 1.807) is 12.3 Å². The van der Waals surface area contributed by atoms with E-state index in [2.05, 4.69) is 42.6 Å². The number of guanidine groups is 1. The van der Waals surface area contributed by atoms with Crippen LogP contribution in [0.5, 0.6) is 0 Å². The van der Waals surface area contributed by atoms with Crippen molar-refractivity contribution in [2.75, 3.05) is 32.8 Å². The molecule has 0 spiro atoms. The minimum absolute atomic E-state index is 0. The number of aliphatic imine (C=N–C) groups is 1. The first-order valence-corrected chi connectivity index (χ1v) is 10.4. The summed E-state index contributed by atoms with van der Waals surface area (Å²) in [6, 6.07) is 14.1. The maximum atomic E-state index is 12.6. The number of halogens is 2. The van der Waals surface area contributed by atoms with Crippen molar-refractivity contribution in [3.63, 3.8) is 0 Å². The van der Waals surface area contributed by atoms with Crippen molar-refractivity contribution in [2.24, 2.45) is 4.99 Å². The van der Waals surface area contributed by atoms with E-state index in [1.165, 1.54) is 0 Å². The first kappa shape index (κ1) is 24.7. The van der Waals surface area contributed by atoms with Crippen LogP contribution in [0.4, 0.5) is 0 Å². The minimum Gasteiger partial charge on any atom is -0.379 e. The fourth-order valence-corrected chi connectivity index (χ4v) is 3.91. The number of morpholine rings is 1. The molecule has 0 saturated carbocycles. The van der Waals surface area contributed by atoms with Gasteiger partial charge in [0.2, 0.25) is 5.96 Å². The normalized spacial score (nSPS) is 18.2. The lowest BCUT2D eigenvalue weighted by Crippen LogP contribution is -2.45. The summed E-state index contributed by atoms with van der Waals surface area (Å²) in [5.74, 6) is 0.246. The smallest absolute Gasteiger partial charge is 0.276 e. The van der Waals surface area contributed by atoms with Gasteiger partial charge < -0.3 is 15.0 Å². The van der Waals surface area contributed by atoms with Gasteiger partial charge in [-0.1, -0.05) is 30.3 Å². The van der Waals surface area contributed by atoms with Gasteiger partial charge in [0.1, 0.15) is 11.3 Å². The molecule has 1 aromatic carbocycles. The highest BCUT2D eigenvalue weighted by atomic mass is 35.5. The van der Waals surface area contributed by atoms with Crippen LogP contribution in [0.1, 0.15) is 17.2 Å². The third-order valence-corrected chi connectivity index (χ3v) is 5.53. The second-order valence-corrected chi connectivity index (χ2v) is 7.61. The SMILES string of the molecule is Cl.Cl.O=C1NC(N[C@H](CN2CCOCC2)c2ccccc2)=NC1=Cc1c[nH]c2ncccc12. The summed E-state index contributed by atoms with van der Waals surface area (Å²) in [6.45, 7) is 4.07. The number of rotatable bonds is 5. The Morgan fingerprint density at radius 1 is 1.12 bits per heavy atom. The number of nitrogens with one attached hydrogen (secondary N) is 3. The van der Waals surface area contributed by atoms with Gasteiger partial charge >= 0.3 is 0 Å². The Morgan fingerprint density at radius 2 is 1.91 bits per heavy atom. The predicted octanol–water partition coefficient (Wildman–Crippen LogP) is 2.90. The Morgan fingerprint density at radius 3 is 2.70 bits per heavy atom. The van der Waals surface area contributed by atoms with Gasteiger partial charge in [0.15, 0.2) is 0 Å². The van der Waals surface area contributed by atoms with Crippen molar-refractivity contribution < 1.29 is 9.53 Å². The molecule has 4 heterocycles. The van der Waals surface area contributed by atoms with Crippen LogP contribution >= 0.6 is 24.8 Å². The van der Waals surface area contributed by atoms with Gasteiger partial charge in [-0.2, -0.15) is 0 Å². The van der Waals surface area contributed by atoms with Gasteiger partial charge in [0, 0.05) is 43.0 Å². The molecule has 1 saturated heterocycles. The molecule has 1 amide bonds. The predicted molar refractivity (Wildman–Crippen MR) is 134 cm³/mol. The number of carbonyl (C=O) groups is 1. The molecular formula is C23H26Cl2N6O2. The van der Waals surface area contributed by atoms with Crippen LogP contribution < -0.4 is 10.6 Å². The van der Waals surface area contributed by atoms with E-state index in [1.807, 2.05) is 36.5 Å². The lowest BCUT2D eigenvalue weighted by molar-refractivity contribution is -0.115. The summed E-state index contributed by atoms with van der Waals surface area (Å²) in [5.41, 5.74) is 3.17. The number of pyridine rings is 1. The number of hydrogen-bond donors (Lipinski definition) is 3. The van der Waals surface area contributed by atoms with Crippen LogP contribution in [0, 0.1) is 0 Å². The van der Waals surface area contributed by atoms with Crippen LogP contribution in [0.2, 0.25) is 0 Å². The Bertz CT molecular complexity index is 1140. The molecule has 2 aromatic heterocycles. The monoisotopic (exact) mass is 488 g/mol. The molecule has 0 unspecified atom stereocenters. The number of aromatic amines is 1. The van der Waals surface area contributed by atoms with E-state index in [4.69, 9.17) is 4.74 Å².